The number of para-hydroxylation sites is 1. The molecule has 0 aliphatic carbocycles. The molecule has 0 bridgehead atoms. The van der Waals surface area contributed by atoms with Gasteiger partial charge in [0, 0.05) is 6.26 Å². The number of fused-ring (bicyclic) bond motifs is 1. The van der Waals surface area contributed by atoms with Gasteiger partial charge in [0.2, 0.25) is 0 Å². The first-order valence-electron chi connectivity index (χ1n) is 9.36. The fraction of sp³-hybridized carbons (Fsp3) is 0.364. The molecule has 0 fully saturated rings. The molecule has 1 heterocycles. The molecule has 2 aromatic carbocycles. The molecule has 0 saturated heterocycles. The van der Waals surface area contributed by atoms with Crippen LogP contribution in [-0.2, 0) is 24.8 Å². The fourth-order valence-corrected chi connectivity index (χ4v) is 4.34. The lowest BCUT2D eigenvalue weighted by Gasteiger charge is -2.29. The molecule has 3 rings (SSSR count). The Morgan fingerprint density at radius 2 is 1.62 bits per heavy atom. The van der Waals surface area contributed by atoms with Gasteiger partial charge in [-0.2, -0.15) is 0 Å². The Kier molecular flexibility index (Phi) is 5.30. The van der Waals surface area contributed by atoms with Gasteiger partial charge in [0.15, 0.2) is 0 Å². The molecule has 1 unspecified atom stereocenters. The zero-order valence-electron chi connectivity index (χ0n) is 17.0. The minimum Gasteiger partial charge on any atom is -0.443 e. The van der Waals surface area contributed by atoms with Crippen LogP contribution in [0, 0.1) is 0 Å². The predicted octanol–water partition coefficient (Wildman–Crippen LogP) is 3.69. The molecule has 0 radical (unpaired) electrons. The van der Waals surface area contributed by atoms with Gasteiger partial charge in [0.05, 0.1) is 11.4 Å². The van der Waals surface area contributed by atoms with E-state index in [1.54, 1.807) is 69.3 Å². The molecule has 1 atom stereocenters. The Bertz CT molecular complexity index is 1040. The SMILES string of the molecule is CC(C)(C)OC(=O)N1C(=O)C(CCS(C)(=O)=O)(c2ccccc2)c2ccccc21. The maximum Gasteiger partial charge on any atom is 0.421 e. The van der Waals surface area contributed by atoms with Gasteiger partial charge in [0.25, 0.3) is 5.91 Å². The van der Waals surface area contributed by atoms with E-state index in [2.05, 4.69) is 0 Å². The normalized spacial score (nSPS) is 19.2. The highest BCUT2D eigenvalue weighted by atomic mass is 32.2. The lowest BCUT2D eigenvalue weighted by Crippen LogP contribution is -2.46. The summed E-state index contributed by atoms with van der Waals surface area (Å²) in [6, 6.07) is 16.0. The molecule has 1 aliphatic rings. The van der Waals surface area contributed by atoms with E-state index in [0.29, 0.717) is 16.8 Å². The van der Waals surface area contributed by atoms with Gasteiger partial charge in [-0.05, 0) is 44.4 Å². The van der Waals surface area contributed by atoms with Crippen molar-refractivity contribution in [3.8, 4) is 0 Å². The Hall–Kier alpha value is -2.67. The first-order valence-corrected chi connectivity index (χ1v) is 11.4. The van der Waals surface area contributed by atoms with Crippen LogP contribution in [0.15, 0.2) is 54.6 Å². The van der Waals surface area contributed by atoms with Crippen LogP contribution in [0.5, 0.6) is 0 Å². The lowest BCUT2D eigenvalue weighted by atomic mass is 9.73. The van der Waals surface area contributed by atoms with Gasteiger partial charge in [-0.25, -0.2) is 18.1 Å². The highest BCUT2D eigenvalue weighted by Crippen LogP contribution is 2.48. The Balaban J connectivity index is 2.20. The van der Waals surface area contributed by atoms with E-state index in [1.807, 2.05) is 6.07 Å². The Labute approximate surface area is 171 Å². The number of carbonyl (C=O) groups is 2. The van der Waals surface area contributed by atoms with Crippen molar-refractivity contribution < 1.29 is 22.7 Å². The van der Waals surface area contributed by atoms with Gasteiger partial charge in [-0.15, -0.1) is 0 Å². The summed E-state index contributed by atoms with van der Waals surface area (Å²) in [5.41, 5.74) is -0.392. The van der Waals surface area contributed by atoms with E-state index in [0.717, 1.165) is 11.2 Å². The molecule has 7 heteroatoms. The first kappa shape index (κ1) is 21.0. The number of nitrogens with zero attached hydrogens (tertiary/aromatic N) is 1. The average Bonchev–Trinajstić information content (AvgIpc) is 2.87. The van der Waals surface area contributed by atoms with Gasteiger partial charge in [0.1, 0.15) is 20.9 Å². The van der Waals surface area contributed by atoms with Crippen LogP contribution in [0.1, 0.15) is 38.3 Å². The summed E-state index contributed by atoms with van der Waals surface area (Å²) < 4.78 is 29.4. The second-order valence-corrected chi connectivity index (χ2v) is 10.5. The molecule has 0 N–H and O–H groups in total. The van der Waals surface area contributed by atoms with Crippen molar-refractivity contribution in [2.45, 2.75) is 38.2 Å². The third-order valence-electron chi connectivity index (χ3n) is 4.86. The number of sulfone groups is 1. The summed E-state index contributed by atoms with van der Waals surface area (Å²) in [5.74, 6) is -0.688. The largest absolute Gasteiger partial charge is 0.443 e. The lowest BCUT2D eigenvalue weighted by molar-refractivity contribution is -0.121. The van der Waals surface area contributed by atoms with Crippen LogP contribution in [0.3, 0.4) is 0 Å². The second kappa shape index (κ2) is 7.30. The van der Waals surface area contributed by atoms with Gasteiger partial charge >= 0.3 is 6.09 Å². The molecule has 29 heavy (non-hydrogen) atoms. The number of anilines is 1. The van der Waals surface area contributed by atoms with Crippen molar-refractivity contribution in [1.82, 2.24) is 0 Å². The molecule has 6 nitrogen and oxygen atoms in total. The number of benzene rings is 2. The number of hydrogen-bond donors (Lipinski definition) is 0. The van der Waals surface area contributed by atoms with Crippen LogP contribution in [-0.4, -0.2) is 38.0 Å². The van der Waals surface area contributed by atoms with E-state index < -0.39 is 32.9 Å². The predicted molar refractivity (Wildman–Crippen MR) is 112 cm³/mol. The number of imide groups is 1. The number of amides is 2. The molecule has 2 aromatic rings. The van der Waals surface area contributed by atoms with Crippen LogP contribution in [0.25, 0.3) is 0 Å². The van der Waals surface area contributed by atoms with Gasteiger partial charge in [-0.1, -0.05) is 48.5 Å². The van der Waals surface area contributed by atoms with Crippen LogP contribution in [0.4, 0.5) is 10.5 Å². The van der Waals surface area contributed by atoms with E-state index in [9.17, 15) is 18.0 Å². The molecule has 2 amide bonds. The molecule has 0 saturated carbocycles. The van der Waals surface area contributed by atoms with E-state index in [1.165, 1.54) is 0 Å². The highest BCUT2D eigenvalue weighted by Gasteiger charge is 2.54. The molecule has 1 aliphatic heterocycles. The van der Waals surface area contributed by atoms with Crippen molar-refractivity contribution in [2.24, 2.45) is 0 Å². The third kappa shape index (κ3) is 4.05. The molecular formula is C22H25NO5S. The zero-order chi connectivity index (χ0) is 21.4. The smallest absolute Gasteiger partial charge is 0.421 e. The second-order valence-electron chi connectivity index (χ2n) is 8.29. The quantitative estimate of drug-likeness (QED) is 0.761. The summed E-state index contributed by atoms with van der Waals surface area (Å²) in [5, 5.41) is 0. The molecule has 154 valence electrons. The topological polar surface area (TPSA) is 80.8 Å². The summed E-state index contributed by atoms with van der Waals surface area (Å²) in [6.45, 7) is 5.18. The number of rotatable bonds is 4. The molecule has 0 aromatic heterocycles. The maximum absolute atomic E-state index is 13.8. The number of ether oxygens (including phenoxy) is 1. The minimum absolute atomic E-state index is 0.0327. The van der Waals surface area contributed by atoms with Crippen molar-refractivity contribution in [2.75, 3.05) is 16.9 Å². The van der Waals surface area contributed by atoms with Crippen molar-refractivity contribution in [3.05, 3.63) is 65.7 Å². The third-order valence-corrected chi connectivity index (χ3v) is 5.81. The van der Waals surface area contributed by atoms with Crippen LogP contribution in [0.2, 0.25) is 0 Å². The highest BCUT2D eigenvalue weighted by molar-refractivity contribution is 7.90. The van der Waals surface area contributed by atoms with E-state index in [4.69, 9.17) is 4.74 Å². The summed E-state index contributed by atoms with van der Waals surface area (Å²) in [4.78, 5) is 27.7. The van der Waals surface area contributed by atoms with Gasteiger partial charge in [-0.3, -0.25) is 4.79 Å². The Morgan fingerprint density at radius 1 is 1.03 bits per heavy atom. The first-order chi connectivity index (χ1) is 13.5. The molecule has 0 spiro atoms. The minimum atomic E-state index is -3.34. The fourth-order valence-electron chi connectivity index (χ4n) is 3.66. The number of carbonyl (C=O) groups excluding carboxylic acids is 2. The standard InChI is InChI=1S/C22H25NO5S/c1-21(2,3)28-20(25)23-18-13-9-8-12-17(18)22(19(23)24,14-15-29(4,26)27)16-10-6-5-7-11-16/h5-13H,14-15H2,1-4H3. The Morgan fingerprint density at radius 3 is 2.21 bits per heavy atom. The maximum atomic E-state index is 13.8. The van der Waals surface area contributed by atoms with Crippen molar-refractivity contribution in [1.29, 1.82) is 0 Å². The van der Waals surface area contributed by atoms with E-state index >= 15 is 0 Å². The summed E-state index contributed by atoms with van der Waals surface area (Å²) in [6.07, 6.45) is 0.403. The van der Waals surface area contributed by atoms with Crippen molar-refractivity contribution in [3.63, 3.8) is 0 Å². The van der Waals surface area contributed by atoms with Gasteiger partial charge < -0.3 is 4.74 Å². The summed E-state index contributed by atoms with van der Waals surface area (Å²) in [7, 11) is -3.34. The molecular weight excluding hydrogens is 390 g/mol. The van der Waals surface area contributed by atoms with E-state index in [-0.39, 0.29) is 12.2 Å². The number of hydrogen-bond acceptors (Lipinski definition) is 5. The average molecular weight is 416 g/mol. The summed E-state index contributed by atoms with van der Waals surface area (Å²) >= 11 is 0. The van der Waals surface area contributed by atoms with Crippen molar-refractivity contribution >= 4 is 27.5 Å². The van der Waals surface area contributed by atoms with Crippen LogP contribution >= 0.6 is 0 Å². The zero-order valence-corrected chi connectivity index (χ0v) is 17.8. The monoisotopic (exact) mass is 415 g/mol. The van der Waals surface area contributed by atoms with Crippen LogP contribution < -0.4 is 4.90 Å².